The second-order valence-electron chi connectivity index (χ2n) is 7.20. The molecule has 2 rings (SSSR count). The molecule has 2 aromatic carbocycles. The molecule has 0 spiro atoms. The van der Waals surface area contributed by atoms with Gasteiger partial charge in [-0.2, -0.15) is 0 Å². The Labute approximate surface area is 216 Å². The summed E-state index contributed by atoms with van der Waals surface area (Å²) in [5.74, 6) is 3.16. The van der Waals surface area contributed by atoms with Crippen molar-refractivity contribution < 1.29 is 33.2 Å². The van der Waals surface area contributed by atoms with E-state index in [4.69, 9.17) is 28.4 Å². The Morgan fingerprint density at radius 3 is 1.53 bits per heavy atom. The Kier molecular flexibility index (Phi) is 13.9. The summed E-state index contributed by atoms with van der Waals surface area (Å²) in [6, 6.07) is 7.01. The number of methoxy groups -OCH3 is 3. The van der Waals surface area contributed by atoms with Gasteiger partial charge in [0.05, 0.1) is 46.5 Å². The van der Waals surface area contributed by atoms with Crippen LogP contribution in [0.1, 0.15) is 50.4 Å². The van der Waals surface area contributed by atoms with Crippen LogP contribution in [-0.4, -0.2) is 65.5 Å². The zero-order chi connectivity index (χ0) is 24.2. The van der Waals surface area contributed by atoms with Gasteiger partial charge in [-0.05, 0) is 27.8 Å². The fraction of sp³-hybridized carbons (Fsp3) is 0.480. The van der Waals surface area contributed by atoms with Gasteiger partial charge in [-0.1, -0.05) is 20.8 Å². The quantitative estimate of drug-likeness (QED) is 0.264. The van der Waals surface area contributed by atoms with E-state index in [0.717, 1.165) is 19.3 Å². The first-order chi connectivity index (χ1) is 16.0. The van der Waals surface area contributed by atoms with Crippen LogP contribution in [0.2, 0.25) is 0 Å². The van der Waals surface area contributed by atoms with E-state index in [2.05, 4.69) is 0 Å². The van der Waals surface area contributed by atoms with Crippen molar-refractivity contribution in [3.05, 3.63) is 29.8 Å². The monoisotopic (exact) mass is 485 g/mol. The molecule has 0 heterocycles. The van der Waals surface area contributed by atoms with Gasteiger partial charge in [0.1, 0.15) is 40.1 Å². The van der Waals surface area contributed by atoms with E-state index in [9.17, 15) is 4.79 Å². The molecule has 34 heavy (non-hydrogen) atoms. The molecule has 0 N–H and O–H groups in total. The smallest absolute Gasteiger partial charge is 0.193 e. The molecule has 2 aromatic rings. The average Bonchev–Trinajstić information content (AvgIpc) is 2.84. The van der Waals surface area contributed by atoms with E-state index in [-0.39, 0.29) is 33.0 Å². The number of carbonyl (C=O) groups is 1. The standard InChI is InChI=1S/C25H35O7P.Li/c1-7-10-30-18-15-21(31-11-8-2)24(22(16-18)32-12-9-3)33-25(26)23-19(28-5)13-17(27-4)14-20(23)29-6;/h13-16,33H,7-12H2,1-6H3;. The van der Waals surface area contributed by atoms with Gasteiger partial charge < -0.3 is 28.4 Å². The SMILES string of the molecule is CCCOc1cc(OCCC)c(PC(=O)c2c(OC)cc(OC)cc2OC)c(OCCC)c1.[Li]. The second kappa shape index (κ2) is 15.8. The van der Waals surface area contributed by atoms with Gasteiger partial charge in [0.2, 0.25) is 0 Å². The van der Waals surface area contributed by atoms with Crippen molar-refractivity contribution in [2.45, 2.75) is 40.0 Å². The van der Waals surface area contributed by atoms with Crippen molar-refractivity contribution in [2.75, 3.05) is 41.2 Å². The number of hydrogen-bond acceptors (Lipinski definition) is 7. The first-order valence-electron chi connectivity index (χ1n) is 11.2. The zero-order valence-corrected chi connectivity index (χ0v) is 22.4. The Hall–Kier alpha value is -2.06. The van der Waals surface area contributed by atoms with E-state index < -0.39 is 0 Å². The molecule has 183 valence electrons. The second-order valence-corrected chi connectivity index (χ2v) is 8.41. The molecule has 0 aliphatic heterocycles. The van der Waals surface area contributed by atoms with Gasteiger partial charge in [0.25, 0.3) is 0 Å². The summed E-state index contributed by atoms with van der Waals surface area (Å²) in [6.45, 7) is 7.74. The molecular formula is C25H35LiO7P. The molecule has 1 unspecified atom stereocenters. The zero-order valence-electron chi connectivity index (χ0n) is 21.4. The normalized spacial score (nSPS) is 10.5. The molecule has 0 saturated heterocycles. The molecule has 7 nitrogen and oxygen atoms in total. The summed E-state index contributed by atoms with van der Waals surface area (Å²) in [5, 5.41) is 0.700. The number of hydrogen-bond donors (Lipinski definition) is 0. The van der Waals surface area contributed by atoms with Crippen molar-refractivity contribution in [1.82, 2.24) is 0 Å². The molecule has 0 saturated carbocycles. The third kappa shape index (κ3) is 8.01. The number of rotatable bonds is 15. The molecule has 0 bridgehead atoms. The van der Waals surface area contributed by atoms with Crippen LogP contribution < -0.4 is 33.7 Å². The maximum absolute atomic E-state index is 13.6. The summed E-state index contributed by atoms with van der Waals surface area (Å²) >= 11 is 0. The molecule has 0 aliphatic rings. The van der Waals surface area contributed by atoms with Crippen LogP contribution in [0.25, 0.3) is 0 Å². The number of carbonyl (C=O) groups excluding carboxylic acids is 1. The van der Waals surface area contributed by atoms with Gasteiger partial charge >= 0.3 is 0 Å². The van der Waals surface area contributed by atoms with Crippen molar-refractivity contribution in [1.29, 1.82) is 0 Å². The van der Waals surface area contributed by atoms with Gasteiger partial charge in [0, 0.05) is 43.1 Å². The third-order valence-electron chi connectivity index (χ3n) is 4.62. The van der Waals surface area contributed by atoms with Crippen LogP contribution in [0.15, 0.2) is 24.3 Å². The summed E-state index contributed by atoms with van der Waals surface area (Å²) in [7, 11) is 4.30. The minimum atomic E-state index is -0.274. The van der Waals surface area contributed by atoms with Gasteiger partial charge in [-0.25, -0.2) is 0 Å². The number of ether oxygens (including phenoxy) is 6. The molecular weight excluding hydrogens is 450 g/mol. The topological polar surface area (TPSA) is 72.5 Å². The molecule has 0 fully saturated rings. The Bertz CT molecular complexity index is 866. The van der Waals surface area contributed by atoms with Crippen molar-refractivity contribution in [3.8, 4) is 34.5 Å². The van der Waals surface area contributed by atoms with Gasteiger partial charge in [0.15, 0.2) is 5.52 Å². The summed E-state index contributed by atoms with van der Waals surface area (Å²) < 4.78 is 34.2. The van der Waals surface area contributed by atoms with Crippen LogP contribution in [0.4, 0.5) is 0 Å². The summed E-state index contributed by atoms with van der Waals surface area (Å²) in [5.41, 5.74) is 0.199. The van der Waals surface area contributed by atoms with Crippen LogP contribution in [0, 0.1) is 0 Å². The van der Waals surface area contributed by atoms with Gasteiger partial charge in [-0.15, -0.1) is 0 Å². The van der Waals surface area contributed by atoms with E-state index in [1.165, 1.54) is 14.2 Å². The Morgan fingerprint density at radius 2 is 1.12 bits per heavy atom. The molecule has 9 heteroatoms. The molecule has 1 atom stereocenters. The molecule has 0 aromatic heterocycles. The summed E-state index contributed by atoms with van der Waals surface area (Å²) in [4.78, 5) is 13.6. The predicted molar refractivity (Wildman–Crippen MR) is 138 cm³/mol. The maximum Gasteiger partial charge on any atom is 0.193 e. The fourth-order valence-electron chi connectivity index (χ4n) is 3.05. The minimum Gasteiger partial charge on any atom is -0.496 e. The summed E-state index contributed by atoms with van der Waals surface area (Å²) in [6.07, 6.45) is 2.55. The first-order valence-corrected chi connectivity index (χ1v) is 12.2. The van der Waals surface area contributed by atoms with Crippen molar-refractivity contribution >= 4 is 38.3 Å². The minimum absolute atomic E-state index is 0. The molecule has 0 aliphatic carbocycles. The van der Waals surface area contributed by atoms with Crippen LogP contribution in [0.5, 0.6) is 34.5 Å². The van der Waals surface area contributed by atoms with E-state index in [1.807, 2.05) is 32.9 Å². The molecule has 0 amide bonds. The Morgan fingerprint density at radius 1 is 0.676 bits per heavy atom. The Balaban J connectivity index is 0.00000578. The van der Waals surface area contributed by atoms with Crippen LogP contribution in [-0.2, 0) is 0 Å². The molecule has 1 radical (unpaired) electrons. The third-order valence-corrected chi connectivity index (χ3v) is 5.84. The first kappa shape index (κ1) is 30.0. The largest absolute Gasteiger partial charge is 0.496 e. The van der Waals surface area contributed by atoms with E-state index in [0.29, 0.717) is 65.2 Å². The van der Waals surface area contributed by atoms with Crippen LogP contribution in [0.3, 0.4) is 0 Å². The maximum atomic E-state index is 13.6. The number of benzene rings is 2. The van der Waals surface area contributed by atoms with Crippen molar-refractivity contribution in [2.24, 2.45) is 0 Å². The van der Waals surface area contributed by atoms with Crippen LogP contribution >= 0.6 is 8.58 Å². The van der Waals surface area contributed by atoms with E-state index in [1.54, 1.807) is 19.2 Å². The van der Waals surface area contributed by atoms with Crippen molar-refractivity contribution in [3.63, 3.8) is 0 Å². The predicted octanol–water partition coefficient (Wildman–Crippen LogP) is 4.84. The average molecular weight is 485 g/mol. The van der Waals surface area contributed by atoms with Gasteiger partial charge in [-0.3, -0.25) is 4.79 Å². The fourth-order valence-corrected chi connectivity index (χ4v) is 4.18. The van der Waals surface area contributed by atoms with E-state index >= 15 is 0 Å².